The minimum Gasteiger partial charge on any atom is -0.330 e. The van der Waals surface area contributed by atoms with E-state index in [9.17, 15) is 0 Å². The van der Waals surface area contributed by atoms with Crippen LogP contribution in [0.4, 0.5) is 0 Å². The van der Waals surface area contributed by atoms with Crippen LogP contribution in [-0.2, 0) is 13.0 Å². The summed E-state index contributed by atoms with van der Waals surface area (Å²) in [6.07, 6.45) is 0.780. The summed E-state index contributed by atoms with van der Waals surface area (Å²) in [6, 6.07) is 8.13. The van der Waals surface area contributed by atoms with E-state index in [-0.39, 0.29) is 0 Å². The summed E-state index contributed by atoms with van der Waals surface area (Å²) in [6.45, 7) is 3.36. The van der Waals surface area contributed by atoms with Gasteiger partial charge in [-0.2, -0.15) is 0 Å². The Morgan fingerprint density at radius 2 is 2.12 bits per heavy atom. The van der Waals surface area contributed by atoms with Crippen molar-refractivity contribution < 1.29 is 0 Å². The van der Waals surface area contributed by atoms with E-state index >= 15 is 0 Å². The molecule has 90 valence electrons. The molecule has 1 aromatic carbocycles. The first-order valence-corrected chi connectivity index (χ1v) is 6.34. The summed E-state index contributed by atoms with van der Waals surface area (Å²) >= 11 is 3.53. The largest absolute Gasteiger partial charge is 0.330 e. The molecule has 0 aliphatic rings. The molecule has 0 unspecified atom stereocenters. The molecular formula is C12H15BrN4. The SMILES string of the molecule is Cc1c(CCN)nnn1Cc1ccccc1Br. The molecule has 1 aromatic heterocycles. The lowest BCUT2D eigenvalue weighted by Gasteiger charge is -2.06. The Hall–Kier alpha value is -1.20. The molecule has 2 aromatic rings. The minimum absolute atomic E-state index is 0.606. The Balaban J connectivity index is 2.22. The zero-order chi connectivity index (χ0) is 12.3. The maximum absolute atomic E-state index is 5.53. The van der Waals surface area contributed by atoms with Gasteiger partial charge in [0, 0.05) is 10.9 Å². The van der Waals surface area contributed by atoms with Crippen LogP contribution in [0.2, 0.25) is 0 Å². The third-order valence-corrected chi connectivity index (χ3v) is 3.51. The molecule has 5 heteroatoms. The molecule has 4 nitrogen and oxygen atoms in total. The van der Waals surface area contributed by atoms with Crippen LogP contribution in [0.25, 0.3) is 0 Å². The van der Waals surface area contributed by atoms with E-state index < -0.39 is 0 Å². The molecule has 1 heterocycles. The molecule has 2 rings (SSSR count). The van der Waals surface area contributed by atoms with Crippen LogP contribution in [0.5, 0.6) is 0 Å². The Morgan fingerprint density at radius 3 is 2.82 bits per heavy atom. The van der Waals surface area contributed by atoms with Gasteiger partial charge in [0.25, 0.3) is 0 Å². The fraction of sp³-hybridized carbons (Fsp3) is 0.333. The number of rotatable bonds is 4. The van der Waals surface area contributed by atoms with Crippen LogP contribution in [0.1, 0.15) is 17.0 Å². The molecular weight excluding hydrogens is 280 g/mol. The molecule has 0 saturated heterocycles. The summed E-state index contributed by atoms with van der Waals surface area (Å²) in [5.74, 6) is 0. The Morgan fingerprint density at radius 1 is 1.35 bits per heavy atom. The van der Waals surface area contributed by atoms with Gasteiger partial charge < -0.3 is 5.73 Å². The quantitative estimate of drug-likeness (QED) is 0.937. The van der Waals surface area contributed by atoms with E-state index in [1.165, 1.54) is 5.56 Å². The van der Waals surface area contributed by atoms with Crippen molar-refractivity contribution in [3.63, 3.8) is 0 Å². The molecule has 0 aliphatic carbocycles. The zero-order valence-corrected chi connectivity index (χ0v) is 11.3. The minimum atomic E-state index is 0.606. The van der Waals surface area contributed by atoms with Gasteiger partial charge in [0.05, 0.1) is 17.9 Å². The van der Waals surface area contributed by atoms with E-state index in [0.717, 1.165) is 28.8 Å². The van der Waals surface area contributed by atoms with Gasteiger partial charge in [0.1, 0.15) is 0 Å². The Labute approximate surface area is 109 Å². The van der Waals surface area contributed by atoms with Crippen LogP contribution < -0.4 is 5.73 Å². The Bertz CT molecular complexity index is 507. The summed E-state index contributed by atoms with van der Waals surface area (Å²) in [7, 11) is 0. The predicted octanol–water partition coefficient (Wildman–Crippen LogP) is 1.90. The van der Waals surface area contributed by atoms with Crippen molar-refractivity contribution in [1.82, 2.24) is 15.0 Å². The molecule has 0 aliphatic heterocycles. The number of benzene rings is 1. The van der Waals surface area contributed by atoms with Crippen molar-refractivity contribution in [2.24, 2.45) is 5.73 Å². The van der Waals surface area contributed by atoms with Crippen LogP contribution in [0.15, 0.2) is 28.7 Å². The lowest BCUT2D eigenvalue weighted by atomic mass is 10.2. The Kier molecular flexibility index (Phi) is 3.91. The van der Waals surface area contributed by atoms with Crippen LogP contribution >= 0.6 is 15.9 Å². The van der Waals surface area contributed by atoms with Crippen molar-refractivity contribution in [3.05, 3.63) is 45.7 Å². The molecule has 0 spiro atoms. The second-order valence-electron chi connectivity index (χ2n) is 3.91. The normalized spacial score (nSPS) is 10.8. The number of halogens is 1. The third kappa shape index (κ3) is 2.73. The van der Waals surface area contributed by atoms with Crippen molar-refractivity contribution in [3.8, 4) is 0 Å². The van der Waals surface area contributed by atoms with Gasteiger partial charge in [-0.3, -0.25) is 0 Å². The van der Waals surface area contributed by atoms with Crippen LogP contribution in [0, 0.1) is 6.92 Å². The van der Waals surface area contributed by atoms with Crippen LogP contribution in [0.3, 0.4) is 0 Å². The molecule has 17 heavy (non-hydrogen) atoms. The summed E-state index contributed by atoms with van der Waals surface area (Å²) in [4.78, 5) is 0. The highest BCUT2D eigenvalue weighted by Crippen LogP contribution is 2.17. The molecule has 0 bridgehead atoms. The molecule has 0 amide bonds. The molecule has 0 saturated carbocycles. The number of nitrogens with zero attached hydrogens (tertiary/aromatic N) is 3. The maximum atomic E-state index is 5.53. The van der Waals surface area contributed by atoms with Crippen LogP contribution in [-0.4, -0.2) is 21.5 Å². The standard InChI is InChI=1S/C12H15BrN4/c1-9-12(6-7-14)15-16-17(9)8-10-4-2-3-5-11(10)13/h2-5H,6-8,14H2,1H3. The average molecular weight is 295 g/mol. The summed E-state index contributed by atoms with van der Waals surface area (Å²) in [5.41, 5.74) is 8.80. The smallest absolute Gasteiger partial charge is 0.0868 e. The fourth-order valence-electron chi connectivity index (χ4n) is 1.70. The van der Waals surface area contributed by atoms with Crippen molar-refractivity contribution in [1.29, 1.82) is 0 Å². The second-order valence-corrected chi connectivity index (χ2v) is 4.76. The lowest BCUT2D eigenvalue weighted by Crippen LogP contribution is -2.07. The maximum Gasteiger partial charge on any atom is 0.0868 e. The molecule has 0 radical (unpaired) electrons. The number of nitrogens with two attached hydrogens (primary N) is 1. The van der Waals surface area contributed by atoms with E-state index in [4.69, 9.17) is 5.73 Å². The summed E-state index contributed by atoms with van der Waals surface area (Å²) < 4.78 is 3.00. The van der Waals surface area contributed by atoms with Gasteiger partial charge in [0.2, 0.25) is 0 Å². The molecule has 0 fully saturated rings. The molecule has 2 N–H and O–H groups in total. The zero-order valence-electron chi connectivity index (χ0n) is 9.73. The third-order valence-electron chi connectivity index (χ3n) is 2.74. The highest BCUT2D eigenvalue weighted by atomic mass is 79.9. The van der Waals surface area contributed by atoms with Gasteiger partial charge in [-0.05, 0) is 25.1 Å². The summed E-state index contributed by atoms with van der Waals surface area (Å²) in [5, 5.41) is 8.31. The first-order valence-electron chi connectivity index (χ1n) is 5.55. The van der Waals surface area contributed by atoms with Gasteiger partial charge in [0.15, 0.2) is 0 Å². The van der Waals surface area contributed by atoms with Crippen molar-refractivity contribution >= 4 is 15.9 Å². The van der Waals surface area contributed by atoms with Crippen molar-refractivity contribution in [2.75, 3.05) is 6.54 Å². The highest BCUT2D eigenvalue weighted by molar-refractivity contribution is 9.10. The van der Waals surface area contributed by atoms with Gasteiger partial charge >= 0.3 is 0 Å². The topological polar surface area (TPSA) is 56.7 Å². The number of hydrogen-bond donors (Lipinski definition) is 1. The van der Waals surface area contributed by atoms with E-state index in [0.29, 0.717) is 6.54 Å². The van der Waals surface area contributed by atoms with E-state index in [1.54, 1.807) is 0 Å². The average Bonchev–Trinajstić information content (AvgIpc) is 2.65. The number of hydrogen-bond acceptors (Lipinski definition) is 3. The lowest BCUT2D eigenvalue weighted by molar-refractivity contribution is 0.632. The highest BCUT2D eigenvalue weighted by Gasteiger charge is 2.08. The number of aromatic nitrogens is 3. The fourth-order valence-corrected chi connectivity index (χ4v) is 2.11. The molecule has 0 atom stereocenters. The van der Waals surface area contributed by atoms with Crippen molar-refractivity contribution in [2.45, 2.75) is 19.9 Å². The first-order chi connectivity index (χ1) is 8.22. The van der Waals surface area contributed by atoms with Gasteiger partial charge in [-0.1, -0.05) is 39.3 Å². The second kappa shape index (κ2) is 5.42. The van der Waals surface area contributed by atoms with Gasteiger partial charge in [-0.15, -0.1) is 5.10 Å². The van der Waals surface area contributed by atoms with Gasteiger partial charge in [-0.25, -0.2) is 4.68 Å². The van der Waals surface area contributed by atoms with E-state index in [1.807, 2.05) is 29.8 Å². The predicted molar refractivity (Wildman–Crippen MR) is 70.8 cm³/mol. The first kappa shape index (κ1) is 12.3. The monoisotopic (exact) mass is 294 g/mol. The van der Waals surface area contributed by atoms with E-state index in [2.05, 4.69) is 32.3 Å².